The van der Waals surface area contributed by atoms with Gasteiger partial charge in [-0.3, -0.25) is 0 Å². The third kappa shape index (κ3) is 2.64. The van der Waals surface area contributed by atoms with E-state index in [1.54, 1.807) is 6.07 Å². The van der Waals surface area contributed by atoms with Crippen LogP contribution in [0, 0.1) is 5.82 Å². The van der Waals surface area contributed by atoms with Crippen molar-refractivity contribution in [2.24, 2.45) is 0 Å². The maximum Gasteiger partial charge on any atom is 0.143 e. The third-order valence-electron chi connectivity index (χ3n) is 1.53. The molecule has 0 aliphatic carbocycles. The molecule has 13 heavy (non-hydrogen) atoms. The first-order chi connectivity index (χ1) is 6.02. The number of hydrogen-bond donors (Lipinski definition) is 1. The van der Waals surface area contributed by atoms with Gasteiger partial charge in [0.05, 0.1) is 11.0 Å². The summed E-state index contributed by atoms with van der Waals surface area (Å²) in [4.78, 5) is 0. The average molecular weight is 269 g/mol. The number of hydrogen-bond acceptors (Lipinski definition) is 2. The van der Waals surface area contributed by atoms with Crippen molar-refractivity contribution in [1.82, 2.24) is 5.06 Å². The fraction of sp³-hybridized carbons (Fsp3) is 0.250. The highest BCUT2D eigenvalue weighted by Crippen LogP contribution is 2.26. The molecule has 0 atom stereocenters. The Morgan fingerprint density at radius 1 is 1.62 bits per heavy atom. The van der Waals surface area contributed by atoms with Gasteiger partial charge in [-0.25, -0.2) is 4.39 Å². The molecule has 0 amide bonds. The lowest BCUT2D eigenvalue weighted by atomic mass is 10.2. The van der Waals surface area contributed by atoms with Crippen LogP contribution in [0.1, 0.15) is 5.56 Å². The summed E-state index contributed by atoms with van der Waals surface area (Å²) >= 11 is 8.78. The first-order valence-corrected chi connectivity index (χ1v) is 4.72. The first-order valence-electron chi connectivity index (χ1n) is 3.54. The molecule has 0 spiro atoms. The summed E-state index contributed by atoms with van der Waals surface area (Å²) in [5, 5.41) is 10.1. The lowest BCUT2D eigenvalue weighted by Gasteiger charge is -2.11. The Balaban J connectivity index is 3.10. The number of rotatable bonds is 2. The van der Waals surface area contributed by atoms with Crippen molar-refractivity contribution in [3.05, 3.63) is 33.0 Å². The molecule has 1 aromatic carbocycles. The van der Waals surface area contributed by atoms with Gasteiger partial charge in [0.1, 0.15) is 5.82 Å². The van der Waals surface area contributed by atoms with Gasteiger partial charge >= 0.3 is 0 Å². The maximum absolute atomic E-state index is 13.4. The van der Waals surface area contributed by atoms with Gasteiger partial charge in [0, 0.05) is 17.6 Å². The summed E-state index contributed by atoms with van der Waals surface area (Å²) in [7, 11) is 1.43. The van der Waals surface area contributed by atoms with Crippen LogP contribution in [-0.4, -0.2) is 17.3 Å². The molecule has 0 unspecified atom stereocenters. The van der Waals surface area contributed by atoms with Crippen LogP contribution >= 0.6 is 27.5 Å². The number of hydroxylamine groups is 2. The zero-order chi connectivity index (χ0) is 10.0. The van der Waals surface area contributed by atoms with Gasteiger partial charge in [-0.15, -0.1) is 0 Å². The first kappa shape index (κ1) is 10.9. The molecule has 0 saturated carbocycles. The van der Waals surface area contributed by atoms with E-state index < -0.39 is 5.82 Å². The summed E-state index contributed by atoms with van der Waals surface area (Å²) in [6.07, 6.45) is 0. The number of nitrogens with zero attached hydrogens (tertiary/aromatic N) is 1. The summed E-state index contributed by atoms with van der Waals surface area (Å²) in [5.41, 5.74) is 0.279. The molecule has 0 bridgehead atoms. The second kappa shape index (κ2) is 4.37. The lowest BCUT2D eigenvalue weighted by Crippen LogP contribution is -2.13. The maximum atomic E-state index is 13.4. The van der Waals surface area contributed by atoms with E-state index in [4.69, 9.17) is 16.8 Å². The Labute approximate surface area is 89.0 Å². The molecule has 0 saturated heterocycles. The average Bonchev–Trinajstić information content (AvgIpc) is 2.05. The molecule has 0 radical (unpaired) electrons. The van der Waals surface area contributed by atoms with E-state index >= 15 is 0 Å². The largest absolute Gasteiger partial charge is 0.314 e. The van der Waals surface area contributed by atoms with Crippen LogP contribution in [0.3, 0.4) is 0 Å². The second-order valence-electron chi connectivity index (χ2n) is 2.64. The highest BCUT2D eigenvalue weighted by molar-refractivity contribution is 9.10. The molecule has 1 rings (SSSR count). The second-order valence-corrected chi connectivity index (χ2v) is 3.90. The normalized spacial score (nSPS) is 10.9. The molecule has 2 nitrogen and oxygen atoms in total. The Kier molecular flexibility index (Phi) is 3.67. The van der Waals surface area contributed by atoms with Crippen molar-refractivity contribution in [2.45, 2.75) is 6.54 Å². The number of benzene rings is 1. The molecule has 0 aliphatic heterocycles. The Hall–Kier alpha value is -0.160. The van der Waals surface area contributed by atoms with Crippen molar-refractivity contribution in [3.63, 3.8) is 0 Å². The van der Waals surface area contributed by atoms with Crippen molar-refractivity contribution in [3.8, 4) is 0 Å². The molecule has 1 N–H and O–H groups in total. The van der Waals surface area contributed by atoms with E-state index in [2.05, 4.69) is 15.9 Å². The quantitative estimate of drug-likeness (QED) is 0.658. The van der Waals surface area contributed by atoms with Gasteiger partial charge in [-0.2, -0.15) is 5.06 Å². The predicted octanol–water partition coefficient (Wildman–Crippen LogP) is 3.06. The van der Waals surface area contributed by atoms with E-state index in [-0.39, 0.29) is 12.1 Å². The minimum absolute atomic E-state index is 0.0596. The third-order valence-corrected chi connectivity index (χ3v) is 2.49. The molecule has 1 aromatic rings. The van der Waals surface area contributed by atoms with Gasteiger partial charge in [0.15, 0.2) is 0 Å². The van der Waals surface area contributed by atoms with Gasteiger partial charge < -0.3 is 5.21 Å². The molecule has 0 aliphatic rings. The Morgan fingerprint density at radius 2 is 2.23 bits per heavy atom. The highest BCUT2D eigenvalue weighted by atomic mass is 79.9. The van der Waals surface area contributed by atoms with Gasteiger partial charge in [0.25, 0.3) is 0 Å². The summed E-state index contributed by atoms with van der Waals surface area (Å²) in [5.74, 6) is -0.437. The topological polar surface area (TPSA) is 23.5 Å². The predicted molar refractivity (Wildman–Crippen MR) is 52.4 cm³/mol. The fourth-order valence-electron chi connectivity index (χ4n) is 0.943. The van der Waals surface area contributed by atoms with Crippen molar-refractivity contribution in [2.75, 3.05) is 7.05 Å². The smallest absolute Gasteiger partial charge is 0.143 e. The summed E-state index contributed by atoms with van der Waals surface area (Å²) in [6, 6.07) is 3.10. The molecular formula is C8H8BrClFNO. The van der Waals surface area contributed by atoms with Crippen molar-refractivity contribution >= 4 is 27.5 Å². The molecule has 0 fully saturated rings. The molecule has 0 heterocycles. The van der Waals surface area contributed by atoms with Crippen molar-refractivity contribution < 1.29 is 9.60 Å². The standard InChI is InChI=1S/C8H8BrClFNO/c1-12(13)4-5-7(10)3-2-6(9)8(5)11/h2-3,13H,4H2,1H3. The lowest BCUT2D eigenvalue weighted by molar-refractivity contribution is -0.0738. The van der Waals surface area contributed by atoms with Crippen LogP contribution < -0.4 is 0 Å². The van der Waals surface area contributed by atoms with Gasteiger partial charge in [0.2, 0.25) is 0 Å². The van der Waals surface area contributed by atoms with Crippen LogP contribution in [-0.2, 0) is 6.54 Å². The molecule has 0 aromatic heterocycles. The summed E-state index contributed by atoms with van der Waals surface area (Å²) in [6.45, 7) is 0.0596. The van der Waals surface area contributed by atoms with Crippen LogP contribution in [0.5, 0.6) is 0 Å². The minimum atomic E-state index is -0.437. The summed E-state index contributed by atoms with van der Waals surface area (Å²) < 4.78 is 13.7. The zero-order valence-corrected chi connectivity index (χ0v) is 9.23. The van der Waals surface area contributed by atoms with Crippen LogP contribution in [0.2, 0.25) is 5.02 Å². The van der Waals surface area contributed by atoms with E-state index in [0.29, 0.717) is 9.50 Å². The monoisotopic (exact) mass is 267 g/mol. The van der Waals surface area contributed by atoms with E-state index in [1.165, 1.54) is 13.1 Å². The van der Waals surface area contributed by atoms with Crippen LogP contribution in [0.4, 0.5) is 4.39 Å². The number of halogens is 3. The van der Waals surface area contributed by atoms with Gasteiger partial charge in [-0.1, -0.05) is 11.6 Å². The van der Waals surface area contributed by atoms with Crippen LogP contribution in [0.25, 0.3) is 0 Å². The van der Waals surface area contributed by atoms with E-state index in [0.717, 1.165) is 5.06 Å². The minimum Gasteiger partial charge on any atom is -0.314 e. The Bertz CT molecular complexity index is 319. The van der Waals surface area contributed by atoms with Gasteiger partial charge in [-0.05, 0) is 28.1 Å². The fourth-order valence-corrected chi connectivity index (χ4v) is 1.52. The molecule has 72 valence electrons. The van der Waals surface area contributed by atoms with Crippen molar-refractivity contribution in [1.29, 1.82) is 0 Å². The van der Waals surface area contributed by atoms with Crippen LogP contribution in [0.15, 0.2) is 16.6 Å². The molecule has 5 heteroatoms. The molecular weight excluding hydrogens is 260 g/mol. The SMILES string of the molecule is CN(O)Cc1c(Cl)ccc(Br)c1F. The Morgan fingerprint density at radius 3 is 2.77 bits per heavy atom. The zero-order valence-electron chi connectivity index (χ0n) is 6.89. The van der Waals surface area contributed by atoms with E-state index in [9.17, 15) is 4.39 Å². The highest BCUT2D eigenvalue weighted by Gasteiger charge is 2.11. The van der Waals surface area contributed by atoms with E-state index in [1.807, 2.05) is 0 Å².